The molecule has 0 bridgehead atoms. The lowest BCUT2D eigenvalue weighted by atomic mass is 9.73. The average Bonchev–Trinajstić information content (AvgIpc) is 2.96. The Balaban J connectivity index is 1.36. The third-order valence-corrected chi connectivity index (χ3v) is 6.65. The summed E-state index contributed by atoms with van der Waals surface area (Å²) in [6.45, 7) is 6.47. The fraction of sp³-hybridized carbons (Fsp3) is 0.636. The van der Waals surface area contributed by atoms with Gasteiger partial charge < -0.3 is 15.0 Å². The maximum absolute atomic E-state index is 13.1. The van der Waals surface area contributed by atoms with Gasteiger partial charge in [-0.3, -0.25) is 9.69 Å². The minimum atomic E-state index is -0.685. The second-order valence-electron chi connectivity index (χ2n) is 8.70. The summed E-state index contributed by atoms with van der Waals surface area (Å²) in [5, 5.41) is 3.03. The van der Waals surface area contributed by atoms with Crippen molar-refractivity contribution in [2.75, 3.05) is 44.9 Å². The molecule has 1 aromatic carbocycles. The first-order valence-electron chi connectivity index (χ1n) is 10.7. The molecule has 1 aliphatic carbocycles. The number of morpholine rings is 1. The third kappa shape index (κ3) is 3.98. The highest BCUT2D eigenvalue weighted by Gasteiger charge is 2.54. The lowest BCUT2D eigenvalue weighted by Gasteiger charge is -2.37. The molecular formula is C22H32N4O3. The van der Waals surface area contributed by atoms with Crippen LogP contribution in [0.5, 0.6) is 0 Å². The minimum absolute atomic E-state index is 0.0517. The van der Waals surface area contributed by atoms with Crippen molar-refractivity contribution in [3.05, 3.63) is 29.8 Å². The summed E-state index contributed by atoms with van der Waals surface area (Å²) in [5.74, 6) is 0.139. The second kappa shape index (κ2) is 8.32. The molecule has 2 saturated heterocycles. The molecule has 7 heteroatoms. The highest BCUT2D eigenvalue weighted by atomic mass is 16.5. The van der Waals surface area contributed by atoms with Crippen LogP contribution in [0.2, 0.25) is 0 Å². The molecule has 1 N–H and O–H groups in total. The van der Waals surface area contributed by atoms with Gasteiger partial charge in [0.15, 0.2) is 0 Å². The van der Waals surface area contributed by atoms with Gasteiger partial charge >= 0.3 is 6.03 Å². The van der Waals surface area contributed by atoms with Gasteiger partial charge in [-0.2, -0.15) is 0 Å². The number of imide groups is 1. The molecule has 2 atom stereocenters. The van der Waals surface area contributed by atoms with Crippen LogP contribution in [0.3, 0.4) is 0 Å². The van der Waals surface area contributed by atoms with E-state index in [4.69, 9.17) is 4.74 Å². The van der Waals surface area contributed by atoms with Crippen molar-refractivity contribution < 1.29 is 14.3 Å². The van der Waals surface area contributed by atoms with Gasteiger partial charge in [-0.25, -0.2) is 9.69 Å². The van der Waals surface area contributed by atoms with Gasteiger partial charge in [0, 0.05) is 25.3 Å². The predicted molar refractivity (Wildman–Crippen MR) is 112 cm³/mol. The van der Waals surface area contributed by atoms with E-state index >= 15 is 0 Å². The van der Waals surface area contributed by atoms with Gasteiger partial charge in [0.05, 0.1) is 19.9 Å². The van der Waals surface area contributed by atoms with E-state index in [-0.39, 0.29) is 17.9 Å². The molecule has 1 spiro atoms. The van der Waals surface area contributed by atoms with Crippen LogP contribution in [-0.4, -0.2) is 67.3 Å². The Kier molecular flexibility index (Phi) is 5.79. The number of nitrogens with one attached hydrogen (secondary N) is 1. The molecule has 158 valence electrons. The first kappa shape index (κ1) is 20.2. The van der Waals surface area contributed by atoms with Crippen molar-refractivity contribution in [1.29, 1.82) is 0 Å². The monoisotopic (exact) mass is 400 g/mol. The van der Waals surface area contributed by atoms with Gasteiger partial charge in [-0.05, 0) is 43.5 Å². The summed E-state index contributed by atoms with van der Waals surface area (Å²) in [4.78, 5) is 31.4. The molecular weight excluding hydrogens is 368 g/mol. The Bertz CT molecular complexity index is 747. The van der Waals surface area contributed by atoms with Gasteiger partial charge in [0.1, 0.15) is 5.54 Å². The molecule has 1 saturated carbocycles. The van der Waals surface area contributed by atoms with Crippen LogP contribution < -0.4 is 10.2 Å². The van der Waals surface area contributed by atoms with Crippen LogP contribution >= 0.6 is 0 Å². The van der Waals surface area contributed by atoms with Crippen LogP contribution in [-0.2, 0) is 16.1 Å². The van der Waals surface area contributed by atoms with Crippen molar-refractivity contribution in [3.8, 4) is 0 Å². The summed E-state index contributed by atoms with van der Waals surface area (Å²) in [6, 6.07) is 8.27. The van der Waals surface area contributed by atoms with Gasteiger partial charge in [-0.1, -0.05) is 31.9 Å². The highest BCUT2D eigenvalue weighted by molar-refractivity contribution is 6.07. The molecule has 7 nitrogen and oxygen atoms in total. The fourth-order valence-corrected chi connectivity index (χ4v) is 4.86. The summed E-state index contributed by atoms with van der Waals surface area (Å²) in [7, 11) is 1.95. The second-order valence-corrected chi connectivity index (χ2v) is 8.70. The molecule has 1 aromatic rings. The van der Waals surface area contributed by atoms with Gasteiger partial charge in [-0.15, -0.1) is 0 Å². The molecule has 29 heavy (non-hydrogen) atoms. The van der Waals surface area contributed by atoms with Crippen LogP contribution in [0, 0.1) is 5.92 Å². The predicted octanol–water partition coefficient (Wildman–Crippen LogP) is 2.41. The molecule has 3 aliphatic rings. The van der Waals surface area contributed by atoms with Crippen LogP contribution in [0.25, 0.3) is 0 Å². The van der Waals surface area contributed by atoms with Crippen molar-refractivity contribution in [3.63, 3.8) is 0 Å². The smallest absolute Gasteiger partial charge is 0.326 e. The first-order valence-corrected chi connectivity index (χ1v) is 10.7. The Labute approximate surface area is 173 Å². The molecule has 3 fully saturated rings. The topological polar surface area (TPSA) is 65.1 Å². The summed E-state index contributed by atoms with van der Waals surface area (Å²) in [6.07, 6.45) is 3.87. The van der Waals surface area contributed by atoms with E-state index in [2.05, 4.69) is 41.4 Å². The number of benzene rings is 1. The maximum Gasteiger partial charge on any atom is 0.326 e. The quantitative estimate of drug-likeness (QED) is 0.769. The van der Waals surface area contributed by atoms with E-state index in [9.17, 15) is 9.59 Å². The Hall–Kier alpha value is -2.12. The number of nitrogens with zero attached hydrogens (tertiary/aromatic N) is 3. The number of hydrogen-bond donors (Lipinski definition) is 1. The normalized spacial score (nSPS) is 27.8. The van der Waals surface area contributed by atoms with Crippen LogP contribution in [0.15, 0.2) is 24.3 Å². The molecule has 3 amide bonds. The number of rotatable bonds is 5. The Morgan fingerprint density at radius 2 is 1.90 bits per heavy atom. The maximum atomic E-state index is 13.1. The number of urea groups is 1. The molecule has 2 heterocycles. The number of carbonyl (C=O) groups excluding carboxylic acids is 2. The summed E-state index contributed by atoms with van der Waals surface area (Å²) >= 11 is 0. The fourth-order valence-electron chi connectivity index (χ4n) is 4.86. The van der Waals surface area contributed by atoms with E-state index in [1.807, 2.05) is 11.9 Å². The molecule has 0 aromatic heterocycles. The molecule has 4 rings (SSSR count). The largest absolute Gasteiger partial charge is 0.378 e. The van der Waals surface area contributed by atoms with Crippen molar-refractivity contribution in [2.24, 2.45) is 5.92 Å². The molecule has 0 unspecified atom stereocenters. The number of carbonyl (C=O) groups is 2. The van der Waals surface area contributed by atoms with Crippen molar-refractivity contribution in [1.82, 2.24) is 15.1 Å². The number of ether oxygens (including phenoxy) is 1. The van der Waals surface area contributed by atoms with E-state index in [0.29, 0.717) is 13.2 Å². The zero-order chi connectivity index (χ0) is 20.4. The zero-order valence-electron chi connectivity index (χ0n) is 17.5. The highest BCUT2D eigenvalue weighted by Crippen LogP contribution is 2.38. The summed E-state index contributed by atoms with van der Waals surface area (Å²) in [5.41, 5.74) is 1.69. The average molecular weight is 401 g/mol. The van der Waals surface area contributed by atoms with E-state index < -0.39 is 5.54 Å². The third-order valence-electron chi connectivity index (χ3n) is 6.65. The van der Waals surface area contributed by atoms with E-state index in [1.165, 1.54) is 10.6 Å². The van der Waals surface area contributed by atoms with E-state index in [0.717, 1.165) is 57.6 Å². The van der Waals surface area contributed by atoms with Crippen LogP contribution in [0.4, 0.5) is 10.5 Å². The summed E-state index contributed by atoms with van der Waals surface area (Å²) < 4.78 is 5.41. The standard InChI is InChI=1S/C22H32N4O3/c1-17-5-3-4-10-22(17)20(27)26(21(28)23-22)16-24(2)15-18-6-8-19(9-7-18)25-11-13-29-14-12-25/h6-9,17H,3-5,10-16H2,1-2H3,(H,23,28)/t17-,22-/m0/s1. The van der Waals surface area contributed by atoms with E-state index in [1.54, 1.807) is 0 Å². The number of anilines is 1. The number of amides is 3. The molecule has 0 radical (unpaired) electrons. The minimum Gasteiger partial charge on any atom is -0.378 e. The van der Waals surface area contributed by atoms with Gasteiger partial charge in [0.2, 0.25) is 0 Å². The molecule has 2 aliphatic heterocycles. The lowest BCUT2D eigenvalue weighted by Crippen LogP contribution is -2.54. The first-order chi connectivity index (χ1) is 14.0. The van der Waals surface area contributed by atoms with Crippen molar-refractivity contribution in [2.45, 2.75) is 44.7 Å². The zero-order valence-corrected chi connectivity index (χ0v) is 17.5. The van der Waals surface area contributed by atoms with Crippen LogP contribution in [0.1, 0.15) is 38.2 Å². The lowest BCUT2D eigenvalue weighted by molar-refractivity contribution is -0.135. The van der Waals surface area contributed by atoms with Gasteiger partial charge in [0.25, 0.3) is 5.91 Å². The Morgan fingerprint density at radius 1 is 1.17 bits per heavy atom. The number of hydrogen-bond acceptors (Lipinski definition) is 5. The van der Waals surface area contributed by atoms with Crippen molar-refractivity contribution >= 4 is 17.6 Å². The SMILES string of the molecule is C[C@H]1CCCC[C@]12NC(=O)N(CN(C)Cc1ccc(N3CCOCC3)cc1)C2=O. The Morgan fingerprint density at radius 3 is 2.59 bits per heavy atom.